The first-order chi connectivity index (χ1) is 10.1. The molecule has 0 spiro atoms. The van der Waals surface area contributed by atoms with Crippen molar-refractivity contribution in [2.75, 3.05) is 20.3 Å². The van der Waals surface area contributed by atoms with Gasteiger partial charge in [0.05, 0.1) is 19.8 Å². The van der Waals surface area contributed by atoms with Crippen LogP contribution in [0, 0.1) is 0 Å². The van der Waals surface area contributed by atoms with Crippen molar-refractivity contribution in [3.05, 3.63) is 29.8 Å². The number of hydrogen-bond donors (Lipinski definition) is 1. The molecule has 1 saturated heterocycles. The first-order valence-corrected chi connectivity index (χ1v) is 7.71. The molecule has 0 amide bonds. The molecule has 0 aromatic heterocycles. The number of rotatable bonds is 8. The average Bonchev–Trinajstić information content (AvgIpc) is 2.88. The fourth-order valence-corrected chi connectivity index (χ4v) is 2.61. The minimum Gasteiger partial charge on any atom is -0.497 e. The van der Waals surface area contributed by atoms with Crippen molar-refractivity contribution in [2.24, 2.45) is 0 Å². The lowest BCUT2D eigenvalue weighted by atomic mass is 10.1. The van der Waals surface area contributed by atoms with E-state index in [9.17, 15) is 0 Å². The van der Waals surface area contributed by atoms with E-state index in [0.29, 0.717) is 6.61 Å². The number of methoxy groups -OCH3 is 1. The van der Waals surface area contributed by atoms with Crippen LogP contribution < -0.4 is 4.74 Å². The zero-order chi connectivity index (χ0) is 15.1. The minimum absolute atomic E-state index is 0.164. The predicted octanol–water partition coefficient (Wildman–Crippen LogP) is 2.92. The zero-order valence-electron chi connectivity index (χ0n) is 13.0. The average molecular weight is 294 g/mol. The largest absolute Gasteiger partial charge is 0.497 e. The second-order valence-corrected chi connectivity index (χ2v) is 5.75. The molecule has 21 heavy (non-hydrogen) atoms. The molecule has 0 aliphatic carbocycles. The molecule has 1 aliphatic heterocycles. The summed E-state index contributed by atoms with van der Waals surface area (Å²) in [6.45, 7) is 2.93. The summed E-state index contributed by atoms with van der Waals surface area (Å²) >= 11 is 0. The quantitative estimate of drug-likeness (QED) is 0.749. The Bertz CT molecular complexity index is 417. The minimum atomic E-state index is -0.482. The molecule has 1 aromatic carbocycles. The summed E-state index contributed by atoms with van der Waals surface area (Å²) in [5.74, 6) is 0.395. The maximum absolute atomic E-state index is 8.81. The molecule has 0 saturated carbocycles. The summed E-state index contributed by atoms with van der Waals surface area (Å²) in [6, 6.07) is 8.11. The van der Waals surface area contributed by atoms with Crippen LogP contribution in [0.5, 0.6) is 5.75 Å². The Kier molecular flexibility index (Phi) is 6.03. The Morgan fingerprint density at radius 3 is 2.71 bits per heavy atom. The first-order valence-electron chi connectivity index (χ1n) is 7.71. The van der Waals surface area contributed by atoms with Gasteiger partial charge >= 0.3 is 0 Å². The maximum Gasteiger partial charge on any atom is 0.166 e. The van der Waals surface area contributed by atoms with Crippen molar-refractivity contribution < 1.29 is 19.3 Å². The lowest BCUT2D eigenvalue weighted by molar-refractivity contribution is -0.158. The van der Waals surface area contributed by atoms with E-state index >= 15 is 0 Å². The van der Waals surface area contributed by atoms with Crippen molar-refractivity contribution >= 4 is 0 Å². The van der Waals surface area contributed by atoms with Gasteiger partial charge in [0.15, 0.2) is 5.79 Å². The fourth-order valence-electron chi connectivity index (χ4n) is 2.61. The Balaban J connectivity index is 1.76. The lowest BCUT2D eigenvalue weighted by Gasteiger charge is -2.23. The lowest BCUT2D eigenvalue weighted by Crippen LogP contribution is -2.27. The van der Waals surface area contributed by atoms with Crippen molar-refractivity contribution in [1.82, 2.24) is 0 Å². The molecule has 0 unspecified atom stereocenters. The maximum atomic E-state index is 8.81. The van der Waals surface area contributed by atoms with Crippen LogP contribution in [-0.2, 0) is 15.9 Å². The summed E-state index contributed by atoms with van der Waals surface area (Å²) in [7, 11) is 1.67. The number of benzene rings is 1. The molecule has 1 aromatic rings. The number of hydrogen-bond acceptors (Lipinski definition) is 4. The Hall–Kier alpha value is -1.10. The van der Waals surface area contributed by atoms with Gasteiger partial charge in [0.2, 0.25) is 0 Å². The van der Waals surface area contributed by atoms with Gasteiger partial charge in [0.25, 0.3) is 0 Å². The van der Waals surface area contributed by atoms with E-state index < -0.39 is 5.79 Å². The standard InChI is InChI=1S/C17H26O4/c1-17(20-13-16(21-17)5-3-4-12-18)11-10-14-6-8-15(19-2)9-7-14/h6-9,16,18H,3-5,10-13H2,1-2H3/t16-,17+/m0/s1. The topological polar surface area (TPSA) is 47.9 Å². The normalized spacial score (nSPS) is 25.2. The highest BCUT2D eigenvalue weighted by atomic mass is 16.7. The van der Waals surface area contributed by atoms with Gasteiger partial charge in [-0.1, -0.05) is 12.1 Å². The van der Waals surface area contributed by atoms with E-state index in [1.54, 1.807) is 7.11 Å². The van der Waals surface area contributed by atoms with E-state index in [1.165, 1.54) is 5.56 Å². The molecule has 0 radical (unpaired) electrons. The molecule has 0 bridgehead atoms. The van der Waals surface area contributed by atoms with Crippen LogP contribution in [-0.4, -0.2) is 37.3 Å². The van der Waals surface area contributed by atoms with Crippen molar-refractivity contribution in [1.29, 1.82) is 0 Å². The van der Waals surface area contributed by atoms with E-state index in [2.05, 4.69) is 12.1 Å². The smallest absolute Gasteiger partial charge is 0.166 e. The SMILES string of the molecule is COc1ccc(CC[C@]2(C)OC[C@H](CCCCO)O2)cc1. The number of aliphatic hydroxyl groups excluding tert-OH is 1. The third-order valence-electron chi connectivity index (χ3n) is 3.95. The van der Waals surface area contributed by atoms with E-state index in [1.807, 2.05) is 19.1 Å². The summed E-state index contributed by atoms with van der Waals surface area (Å²) in [4.78, 5) is 0. The van der Waals surface area contributed by atoms with E-state index in [-0.39, 0.29) is 12.7 Å². The van der Waals surface area contributed by atoms with Gasteiger partial charge in [-0.15, -0.1) is 0 Å². The third-order valence-corrected chi connectivity index (χ3v) is 3.95. The van der Waals surface area contributed by atoms with Crippen LogP contribution in [0.15, 0.2) is 24.3 Å². The molecule has 4 nitrogen and oxygen atoms in total. The van der Waals surface area contributed by atoms with Crippen molar-refractivity contribution in [2.45, 2.75) is 50.9 Å². The van der Waals surface area contributed by atoms with Gasteiger partial charge < -0.3 is 19.3 Å². The van der Waals surface area contributed by atoms with Crippen LogP contribution >= 0.6 is 0 Å². The third kappa shape index (κ3) is 4.99. The first kappa shape index (κ1) is 16.3. The molecule has 4 heteroatoms. The van der Waals surface area contributed by atoms with E-state index in [4.69, 9.17) is 19.3 Å². The zero-order valence-corrected chi connectivity index (χ0v) is 13.0. The molecule has 118 valence electrons. The molecule has 2 atom stereocenters. The Labute approximate surface area is 127 Å². The Morgan fingerprint density at radius 1 is 1.29 bits per heavy atom. The summed E-state index contributed by atoms with van der Waals surface area (Å²) in [5.41, 5.74) is 1.26. The summed E-state index contributed by atoms with van der Waals surface area (Å²) < 4.78 is 17.0. The molecule has 1 fully saturated rings. The van der Waals surface area contributed by atoms with Gasteiger partial charge in [-0.05, 0) is 50.3 Å². The van der Waals surface area contributed by atoms with Crippen LogP contribution in [0.4, 0.5) is 0 Å². The van der Waals surface area contributed by atoms with Crippen molar-refractivity contribution in [3.63, 3.8) is 0 Å². The highest BCUT2D eigenvalue weighted by molar-refractivity contribution is 5.27. The summed E-state index contributed by atoms with van der Waals surface area (Å²) in [5, 5.41) is 8.81. The van der Waals surface area contributed by atoms with Crippen LogP contribution in [0.1, 0.15) is 38.2 Å². The second kappa shape index (κ2) is 7.78. The van der Waals surface area contributed by atoms with E-state index in [0.717, 1.165) is 37.9 Å². The van der Waals surface area contributed by atoms with Crippen LogP contribution in [0.2, 0.25) is 0 Å². The fraction of sp³-hybridized carbons (Fsp3) is 0.647. The monoisotopic (exact) mass is 294 g/mol. The highest BCUT2D eigenvalue weighted by Crippen LogP contribution is 2.30. The number of aryl methyl sites for hydroxylation is 1. The molecular weight excluding hydrogens is 268 g/mol. The summed E-state index contributed by atoms with van der Waals surface area (Å²) in [6.07, 6.45) is 4.71. The molecule has 2 rings (SSSR count). The van der Waals surface area contributed by atoms with Gasteiger partial charge in [-0.25, -0.2) is 0 Å². The molecule has 1 aliphatic rings. The molecular formula is C17H26O4. The highest BCUT2D eigenvalue weighted by Gasteiger charge is 2.36. The van der Waals surface area contributed by atoms with Gasteiger partial charge in [0, 0.05) is 13.0 Å². The number of aliphatic hydroxyl groups is 1. The van der Waals surface area contributed by atoms with Crippen LogP contribution in [0.25, 0.3) is 0 Å². The van der Waals surface area contributed by atoms with Gasteiger partial charge in [-0.3, -0.25) is 0 Å². The van der Waals surface area contributed by atoms with Gasteiger partial charge in [-0.2, -0.15) is 0 Å². The Morgan fingerprint density at radius 2 is 2.05 bits per heavy atom. The number of unbranched alkanes of at least 4 members (excludes halogenated alkanes) is 1. The molecule has 1 N–H and O–H groups in total. The second-order valence-electron chi connectivity index (χ2n) is 5.75. The predicted molar refractivity (Wildman–Crippen MR) is 81.5 cm³/mol. The molecule has 1 heterocycles. The van der Waals surface area contributed by atoms with Crippen molar-refractivity contribution in [3.8, 4) is 5.75 Å². The number of ether oxygens (including phenoxy) is 3. The van der Waals surface area contributed by atoms with Crippen LogP contribution in [0.3, 0.4) is 0 Å². The van der Waals surface area contributed by atoms with Gasteiger partial charge in [0.1, 0.15) is 5.75 Å².